The number of amides is 1. The van der Waals surface area contributed by atoms with Crippen LogP contribution in [-0.2, 0) is 10.0 Å². The monoisotopic (exact) mass is 443 g/mol. The third kappa shape index (κ3) is 5.04. The predicted molar refractivity (Wildman–Crippen MR) is 113 cm³/mol. The first-order valence-corrected chi connectivity index (χ1v) is 10.8. The summed E-state index contributed by atoms with van der Waals surface area (Å²) < 4.78 is 28.2. The number of nitrogens with zero attached hydrogens (tertiary/aromatic N) is 3. The number of carbonyl (C=O) groups excluding carboxylic acids is 1. The summed E-state index contributed by atoms with van der Waals surface area (Å²) in [6, 6.07) is 16.2. The molecule has 8 nitrogen and oxygen atoms in total. The van der Waals surface area contributed by atoms with E-state index >= 15 is 0 Å². The molecule has 10 heteroatoms. The lowest BCUT2D eigenvalue weighted by molar-refractivity contribution is 0.102. The number of carbonyl (C=O) groups is 1. The molecule has 154 valence electrons. The fourth-order valence-electron chi connectivity index (χ4n) is 2.69. The average molecular weight is 444 g/mol. The second-order valence-electron chi connectivity index (χ2n) is 6.35. The average Bonchev–Trinajstić information content (AvgIpc) is 3.08. The fourth-order valence-corrected chi connectivity index (χ4v) is 3.91. The molecule has 0 saturated carbocycles. The van der Waals surface area contributed by atoms with E-state index < -0.39 is 15.9 Å². The molecule has 30 heavy (non-hydrogen) atoms. The van der Waals surface area contributed by atoms with Crippen molar-refractivity contribution >= 4 is 33.3 Å². The minimum atomic E-state index is -3.74. The molecule has 0 radical (unpaired) electrons. The van der Waals surface area contributed by atoms with Crippen LogP contribution in [0.15, 0.2) is 59.5 Å². The summed E-state index contributed by atoms with van der Waals surface area (Å²) in [5.41, 5.74) is 1.67. The number of benzene rings is 2. The zero-order chi connectivity index (χ0) is 21.7. The number of hydrogen-bond donors (Lipinski definition) is 2. The summed E-state index contributed by atoms with van der Waals surface area (Å²) >= 11 is 6.05. The first kappa shape index (κ1) is 21.5. The number of rotatable bonds is 7. The van der Waals surface area contributed by atoms with Crippen molar-refractivity contribution in [1.29, 1.82) is 5.26 Å². The largest absolute Gasteiger partial charge is 0.306 e. The quantitative estimate of drug-likeness (QED) is 0.543. The van der Waals surface area contributed by atoms with Gasteiger partial charge < -0.3 is 5.32 Å². The van der Waals surface area contributed by atoms with E-state index in [4.69, 9.17) is 16.9 Å². The Balaban J connectivity index is 1.78. The Kier molecular flexibility index (Phi) is 6.52. The van der Waals surface area contributed by atoms with Crippen LogP contribution in [-0.4, -0.2) is 30.7 Å². The van der Waals surface area contributed by atoms with Crippen LogP contribution in [0.5, 0.6) is 0 Å². The van der Waals surface area contributed by atoms with Crippen LogP contribution >= 0.6 is 11.6 Å². The number of aryl methyl sites for hydroxylation is 1. The van der Waals surface area contributed by atoms with Gasteiger partial charge in [0.1, 0.15) is 5.82 Å². The number of halogens is 1. The molecule has 1 aromatic heterocycles. The fraction of sp³-hybridized carbons (Fsp3) is 0.150. The standard InChI is InChI=1S/C20H18ClN5O3S/c1-14-12-19(26(25-14)17-5-2-4-16(21)13-17)24-20(27)15-6-8-18(9-7-15)30(28,29)23-11-3-10-22/h2,4-9,12-13,23H,3,11H2,1H3,(H,24,27). The number of nitrogens with one attached hydrogen (secondary N) is 2. The van der Waals surface area contributed by atoms with Gasteiger partial charge in [0.05, 0.1) is 22.3 Å². The summed E-state index contributed by atoms with van der Waals surface area (Å²) in [6.07, 6.45) is 0.0689. The van der Waals surface area contributed by atoms with Gasteiger partial charge in [-0.25, -0.2) is 17.8 Å². The maximum Gasteiger partial charge on any atom is 0.256 e. The number of anilines is 1. The van der Waals surface area contributed by atoms with Crippen LogP contribution in [0.2, 0.25) is 5.02 Å². The lowest BCUT2D eigenvalue weighted by Crippen LogP contribution is -2.24. The van der Waals surface area contributed by atoms with Crippen molar-refractivity contribution in [2.45, 2.75) is 18.2 Å². The van der Waals surface area contributed by atoms with E-state index in [1.54, 1.807) is 35.9 Å². The highest BCUT2D eigenvalue weighted by Crippen LogP contribution is 2.21. The SMILES string of the molecule is Cc1cc(NC(=O)c2ccc(S(=O)(=O)NCCC#N)cc2)n(-c2cccc(Cl)c2)n1. The van der Waals surface area contributed by atoms with E-state index in [-0.39, 0.29) is 23.4 Å². The summed E-state index contributed by atoms with van der Waals surface area (Å²) in [5.74, 6) is 0.0363. The van der Waals surface area contributed by atoms with E-state index in [0.29, 0.717) is 22.2 Å². The van der Waals surface area contributed by atoms with Crippen LogP contribution in [0.4, 0.5) is 5.82 Å². The molecule has 0 spiro atoms. The van der Waals surface area contributed by atoms with Gasteiger partial charge in [-0.1, -0.05) is 17.7 Å². The van der Waals surface area contributed by atoms with Gasteiger partial charge in [0.15, 0.2) is 0 Å². The molecule has 1 heterocycles. The van der Waals surface area contributed by atoms with Crippen molar-refractivity contribution in [2.24, 2.45) is 0 Å². The topological polar surface area (TPSA) is 117 Å². The summed E-state index contributed by atoms with van der Waals surface area (Å²) in [7, 11) is -3.74. The number of hydrogen-bond acceptors (Lipinski definition) is 5. The van der Waals surface area contributed by atoms with Gasteiger partial charge in [0.25, 0.3) is 5.91 Å². The van der Waals surface area contributed by atoms with E-state index in [9.17, 15) is 13.2 Å². The molecule has 3 rings (SSSR count). The molecular weight excluding hydrogens is 426 g/mol. The van der Waals surface area contributed by atoms with Crippen molar-refractivity contribution in [2.75, 3.05) is 11.9 Å². The smallest absolute Gasteiger partial charge is 0.256 e. The van der Waals surface area contributed by atoms with Crippen LogP contribution in [0.1, 0.15) is 22.5 Å². The molecule has 0 saturated heterocycles. The number of sulfonamides is 1. The zero-order valence-corrected chi connectivity index (χ0v) is 17.5. The van der Waals surface area contributed by atoms with Gasteiger partial charge in [0.2, 0.25) is 10.0 Å². The Morgan fingerprint density at radius 3 is 2.60 bits per heavy atom. The van der Waals surface area contributed by atoms with E-state index in [0.717, 1.165) is 0 Å². The van der Waals surface area contributed by atoms with Crippen molar-refractivity contribution in [1.82, 2.24) is 14.5 Å². The van der Waals surface area contributed by atoms with Crippen molar-refractivity contribution in [3.05, 3.63) is 70.9 Å². The Bertz CT molecular complexity index is 1210. The van der Waals surface area contributed by atoms with E-state index in [2.05, 4.69) is 15.1 Å². The highest BCUT2D eigenvalue weighted by Gasteiger charge is 2.16. The van der Waals surface area contributed by atoms with Crippen molar-refractivity contribution in [3.63, 3.8) is 0 Å². The molecule has 0 aliphatic heterocycles. The first-order valence-electron chi connectivity index (χ1n) is 8.91. The van der Waals surface area contributed by atoms with E-state index in [1.165, 1.54) is 24.3 Å². The van der Waals surface area contributed by atoms with Crippen LogP contribution in [0.3, 0.4) is 0 Å². The second-order valence-corrected chi connectivity index (χ2v) is 8.55. The van der Waals surface area contributed by atoms with Gasteiger partial charge in [-0.2, -0.15) is 10.4 Å². The van der Waals surface area contributed by atoms with Crippen molar-refractivity contribution < 1.29 is 13.2 Å². The second kappa shape index (κ2) is 9.09. The molecule has 0 unspecified atom stereocenters. The Morgan fingerprint density at radius 2 is 1.93 bits per heavy atom. The molecule has 3 aromatic rings. The number of aromatic nitrogens is 2. The highest BCUT2D eigenvalue weighted by atomic mass is 35.5. The number of nitriles is 1. The minimum absolute atomic E-state index is 0.0109. The summed E-state index contributed by atoms with van der Waals surface area (Å²) in [4.78, 5) is 12.7. The van der Waals surface area contributed by atoms with Crippen LogP contribution in [0.25, 0.3) is 5.69 Å². The minimum Gasteiger partial charge on any atom is -0.306 e. The van der Waals surface area contributed by atoms with Gasteiger partial charge in [-0.05, 0) is 49.4 Å². The third-order valence-corrected chi connectivity index (χ3v) is 5.79. The molecule has 0 atom stereocenters. The van der Waals surface area contributed by atoms with Gasteiger partial charge in [-0.3, -0.25) is 4.79 Å². The highest BCUT2D eigenvalue weighted by molar-refractivity contribution is 7.89. The Morgan fingerprint density at radius 1 is 1.20 bits per heavy atom. The first-order chi connectivity index (χ1) is 14.3. The normalized spacial score (nSPS) is 11.1. The maximum atomic E-state index is 12.7. The molecular formula is C20H18ClN5O3S. The van der Waals surface area contributed by atoms with Gasteiger partial charge in [-0.15, -0.1) is 0 Å². The molecule has 0 bridgehead atoms. The lowest BCUT2D eigenvalue weighted by Gasteiger charge is -2.10. The van der Waals surface area contributed by atoms with Crippen LogP contribution in [0, 0.1) is 18.3 Å². The third-order valence-electron chi connectivity index (χ3n) is 4.08. The molecule has 0 aliphatic rings. The molecule has 2 N–H and O–H groups in total. The van der Waals surface area contributed by atoms with E-state index in [1.807, 2.05) is 12.1 Å². The van der Waals surface area contributed by atoms with Gasteiger partial charge in [0, 0.05) is 29.6 Å². The summed E-state index contributed by atoms with van der Waals surface area (Å²) in [6.45, 7) is 1.82. The predicted octanol–water partition coefficient (Wildman–Crippen LogP) is 3.28. The molecule has 1 amide bonds. The molecule has 0 fully saturated rings. The van der Waals surface area contributed by atoms with Crippen LogP contribution < -0.4 is 10.0 Å². The summed E-state index contributed by atoms with van der Waals surface area (Å²) in [5, 5.41) is 16.2. The lowest BCUT2D eigenvalue weighted by atomic mass is 10.2. The van der Waals surface area contributed by atoms with Crippen molar-refractivity contribution in [3.8, 4) is 11.8 Å². The zero-order valence-electron chi connectivity index (χ0n) is 16.0. The Hall–Kier alpha value is -3.19. The maximum absolute atomic E-state index is 12.7. The molecule has 0 aliphatic carbocycles. The Labute approximate surface area is 179 Å². The molecule has 2 aromatic carbocycles. The van der Waals surface area contributed by atoms with Gasteiger partial charge >= 0.3 is 0 Å².